The summed E-state index contributed by atoms with van der Waals surface area (Å²) in [6.45, 7) is 0. The van der Waals surface area contributed by atoms with E-state index in [9.17, 15) is 9.90 Å². The summed E-state index contributed by atoms with van der Waals surface area (Å²) in [5.74, 6) is 0.278. The third-order valence-corrected chi connectivity index (χ3v) is 6.09. The molecule has 0 aliphatic carbocycles. The summed E-state index contributed by atoms with van der Waals surface area (Å²) < 4.78 is 0. The van der Waals surface area contributed by atoms with E-state index < -0.39 is 0 Å². The molecule has 2 N–H and O–H groups in total. The lowest BCUT2D eigenvalue weighted by molar-refractivity contribution is 0.475. The topological polar surface area (TPSA) is 66.0 Å². The number of benzene rings is 1. The van der Waals surface area contributed by atoms with Crippen molar-refractivity contribution in [3.8, 4) is 16.2 Å². The second kappa shape index (κ2) is 6.89. The van der Waals surface area contributed by atoms with Crippen LogP contribution in [-0.4, -0.2) is 15.1 Å². The summed E-state index contributed by atoms with van der Waals surface area (Å²) in [6, 6.07) is 8.64. The highest BCUT2D eigenvalue weighted by Crippen LogP contribution is 2.34. The fraction of sp³-hybridized carbons (Fsp3) is 0. The van der Waals surface area contributed by atoms with Crippen molar-refractivity contribution in [2.45, 2.75) is 0 Å². The number of nitrogens with zero attached hydrogens (tertiary/aromatic N) is 1. The molecular formula is C18H10Cl2N2O2S2. The van der Waals surface area contributed by atoms with E-state index in [1.807, 2.05) is 22.9 Å². The number of nitrogens with one attached hydrogen (secondary N) is 1. The first-order chi connectivity index (χ1) is 12.5. The summed E-state index contributed by atoms with van der Waals surface area (Å²) in [6.07, 6.45) is 1.63. The second-order valence-electron chi connectivity index (χ2n) is 5.42. The molecule has 0 aliphatic heterocycles. The molecule has 4 nitrogen and oxygen atoms in total. The van der Waals surface area contributed by atoms with Crippen LogP contribution in [0.1, 0.15) is 11.4 Å². The number of rotatable bonds is 3. The van der Waals surface area contributed by atoms with Crippen molar-refractivity contribution in [3.63, 3.8) is 0 Å². The van der Waals surface area contributed by atoms with Gasteiger partial charge in [0.05, 0.1) is 15.4 Å². The number of phenols is 1. The van der Waals surface area contributed by atoms with Crippen molar-refractivity contribution in [2.75, 3.05) is 0 Å². The van der Waals surface area contributed by atoms with E-state index in [1.165, 1.54) is 17.4 Å². The minimum absolute atomic E-state index is 0.00687. The van der Waals surface area contributed by atoms with Gasteiger partial charge in [0.25, 0.3) is 5.56 Å². The first-order valence-corrected chi connectivity index (χ1v) is 9.96. The molecule has 3 aromatic heterocycles. The fourth-order valence-corrected chi connectivity index (χ4v) is 4.67. The summed E-state index contributed by atoms with van der Waals surface area (Å²) >= 11 is 15.2. The van der Waals surface area contributed by atoms with Gasteiger partial charge >= 0.3 is 0 Å². The van der Waals surface area contributed by atoms with E-state index in [0.717, 1.165) is 10.4 Å². The zero-order chi connectivity index (χ0) is 18.3. The van der Waals surface area contributed by atoms with Gasteiger partial charge in [-0.15, -0.1) is 22.7 Å². The number of aromatic nitrogens is 2. The highest BCUT2D eigenvalue weighted by Gasteiger charge is 2.14. The maximum absolute atomic E-state index is 12.6. The molecule has 1 aromatic carbocycles. The predicted molar refractivity (Wildman–Crippen MR) is 110 cm³/mol. The third-order valence-electron chi connectivity index (χ3n) is 3.72. The van der Waals surface area contributed by atoms with Crippen LogP contribution in [0.3, 0.4) is 0 Å². The first kappa shape index (κ1) is 17.3. The zero-order valence-electron chi connectivity index (χ0n) is 13.0. The fourth-order valence-electron chi connectivity index (χ4n) is 2.50. The quantitative estimate of drug-likeness (QED) is 0.439. The molecule has 0 aliphatic rings. The Balaban J connectivity index is 1.79. The number of H-pyrrole nitrogens is 1. The lowest BCUT2D eigenvalue weighted by Crippen LogP contribution is -2.10. The molecule has 0 unspecified atom stereocenters. The number of hydrogen-bond acceptors (Lipinski definition) is 5. The van der Waals surface area contributed by atoms with Gasteiger partial charge in [0.1, 0.15) is 10.6 Å². The van der Waals surface area contributed by atoms with Crippen LogP contribution in [0, 0.1) is 0 Å². The van der Waals surface area contributed by atoms with E-state index >= 15 is 0 Å². The number of aromatic amines is 1. The normalized spacial score (nSPS) is 12.0. The van der Waals surface area contributed by atoms with Crippen molar-refractivity contribution in [1.29, 1.82) is 0 Å². The van der Waals surface area contributed by atoms with Gasteiger partial charge in [0.2, 0.25) is 0 Å². The monoisotopic (exact) mass is 420 g/mol. The van der Waals surface area contributed by atoms with Gasteiger partial charge in [-0.05, 0) is 35.2 Å². The summed E-state index contributed by atoms with van der Waals surface area (Å²) in [7, 11) is 0. The van der Waals surface area contributed by atoms with Crippen LogP contribution in [-0.2, 0) is 0 Å². The molecule has 0 spiro atoms. The molecule has 4 aromatic rings. The predicted octanol–water partition coefficient (Wildman–Crippen LogP) is 5.81. The van der Waals surface area contributed by atoms with E-state index in [2.05, 4.69) is 9.97 Å². The smallest absolute Gasteiger partial charge is 0.260 e. The average Bonchev–Trinajstić information content (AvgIpc) is 3.27. The van der Waals surface area contributed by atoms with E-state index in [4.69, 9.17) is 23.2 Å². The minimum Gasteiger partial charge on any atom is -0.506 e. The zero-order valence-corrected chi connectivity index (χ0v) is 16.1. The molecule has 0 saturated carbocycles. The van der Waals surface area contributed by atoms with Crippen LogP contribution in [0.25, 0.3) is 31.8 Å². The molecule has 0 saturated heterocycles. The minimum atomic E-state index is -0.232. The van der Waals surface area contributed by atoms with E-state index in [0.29, 0.717) is 15.8 Å². The van der Waals surface area contributed by atoms with Gasteiger partial charge < -0.3 is 10.1 Å². The average molecular weight is 421 g/mol. The molecule has 0 bridgehead atoms. The van der Waals surface area contributed by atoms with Gasteiger partial charge in [-0.1, -0.05) is 35.3 Å². The molecule has 0 amide bonds. The van der Waals surface area contributed by atoms with Crippen LogP contribution in [0.15, 0.2) is 45.9 Å². The highest BCUT2D eigenvalue weighted by atomic mass is 35.5. The molecule has 0 fully saturated rings. The van der Waals surface area contributed by atoms with Gasteiger partial charge in [0.15, 0.2) is 5.82 Å². The first-order valence-electron chi connectivity index (χ1n) is 7.44. The molecule has 26 heavy (non-hydrogen) atoms. The molecule has 8 heteroatoms. The third kappa shape index (κ3) is 3.17. The Morgan fingerprint density at radius 1 is 1.27 bits per heavy atom. The highest BCUT2D eigenvalue weighted by molar-refractivity contribution is 7.18. The van der Waals surface area contributed by atoms with Crippen molar-refractivity contribution in [3.05, 3.63) is 67.9 Å². The van der Waals surface area contributed by atoms with Crippen LogP contribution >= 0.6 is 45.9 Å². The largest absolute Gasteiger partial charge is 0.506 e. The number of halogens is 2. The molecular weight excluding hydrogens is 411 g/mol. The van der Waals surface area contributed by atoms with Crippen LogP contribution in [0.4, 0.5) is 0 Å². The van der Waals surface area contributed by atoms with Gasteiger partial charge in [-0.25, -0.2) is 4.98 Å². The Morgan fingerprint density at radius 3 is 2.85 bits per heavy atom. The van der Waals surface area contributed by atoms with E-state index in [1.54, 1.807) is 29.5 Å². The second-order valence-corrected chi connectivity index (χ2v) is 8.04. The SMILES string of the molecule is O=c1[nH]c(C(Cl)=Cc2ccc(O)c(Cl)c2)nc2scc(-c3cccs3)c12. The number of phenolic OH excluding ortho intramolecular Hbond substituents is 1. The Morgan fingerprint density at radius 2 is 2.12 bits per heavy atom. The maximum atomic E-state index is 12.6. The molecule has 0 atom stereocenters. The standard InChI is InChI=1S/C18H10Cl2N2O2S2/c19-11-6-9(3-4-13(11)23)7-12(20)16-21-17(24)15-10(8-26-18(15)22-16)14-2-1-5-25-14/h1-8,23H,(H,21,22,24). The van der Waals surface area contributed by atoms with Crippen LogP contribution < -0.4 is 5.56 Å². The number of hydrogen-bond donors (Lipinski definition) is 2. The molecule has 3 heterocycles. The van der Waals surface area contributed by atoms with E-state index in [-0.39, 0.29) is 27.2 Å². The Kier molecular flexibility index (Phi) is 4.58. The molecule has 130 valence electrons. The molecule has 0 radical (unpaired) electrons. The van der Waals surface area contributed by atoms with Crippen molar-refractivity contribution in [1.82, 2.24) is 9.97 Å². The van der Waals surface area contributed by atoms with Gasteiger partial charge in [-0.3, -0.25) is 4.79 Å². The van der Waals surface area contributed by atoms with Crippen LogP contribution in [0.2, 0.25) is 5.02 Å². The van der Waals surface area contributed by atoms with Crippen molar-refractivity contribution >= 4 is 67.2 Å². The Hall–Kier alpha value is -2.12. The summed E-state index contributed by atoms with van der Waals surface area (Å²) in [5, 5.41) is 14.5. The molecule has 4 rings (SSSR count). The van der Waals surface area contributed by atoms with Crippen molar-refractivity contribution in [2.24, 2.45) is 0 Å². The lowest BCUT2D eigenvalue weighted by atomic mass is 10.2. The summed E-state index contributed by atoms with van der Waals surface area (Å²) in [5.41, 5.74) is 1.33. The van der Waals surface area contributed by atoms with Crippen LogP contribution in [0.5, 0.6) is 5.75 Å². The summed E-state index contributed by atoms with van der Waals surface area (Å²) in [4.78, 5) is 21.5. The Bertz CT molecular complexity index is 1190. The lowest BCUT2D eigenvalue weighted by Gasteiger charge is -2.02. The number of aromatic hydroxyl groups is 1. The van der Waals surface area contributed by atoms with Gasteiger partial charge in [0, 0.05) is 15.8 Å². The maximum Gasteiger partial charge on any atom is 0.260 e. The number of thiophene rings is 2. The Labute approximate surface area is 166 Å². The van der Waals surface area contributed by atoms with Gasteiger partial charge in [-0.2, -0.15) is 0 Å². The van der Waals surface area contributed by atoms with Crippen molar-refractivity contribution < 1.29 is 5.11 Å². The number of fused-ring (bicyclic) bond motifs is 1.